The molecule has 0 amide bonds. The molecule has 0 saturated heterocycles. The number of fused-ring (bicyclic) bond motifs is 2. The summed E-state index contributed by atoms with van der Waals surface area (Å²) >= 11 is 1.69. The maximum absolute atomic E-state index is 12.7. The van der Waals surface area contributed by atoms with Crippen LogP contribution in [0.15, 0.2) is 84.9 Å². The summed E-state index contributed by atoms with van der Waals surface area (Å²) < 4.78 is 48.9. The number of aryl methyl sites for hydroxylation is 2. The van der Waals surface area contributed by atoms with Crippen molar-refractivity contribution in [3.63, 3.8) is 0 Å². The molecule has 6 rings (SSSR count). The summed E-state index contributed by atoms with van der Waals surface area (Å²) in [5, 5.41) is 24.3. The largest absolute Gasteiger partial charge is 0.494 e. The Morgan fingerprint density at radius 3 is 1.42 bits per heavy atom. The summed E-state index contributed by atoms with van der Waals surface area (Å²) in [6.45, 7) is 19.5. The molecule has 17 heteroatoms. The highest BCUT2D eigenvalue weighted by molar-refractivity contribution is 14.1. The molecule has 0 fully saturated rings. The molecule has 4 aromatic carbocycles. The highest BCUT2D eigenvalue weighted by atomic mass is 127. The van der Waals surface area contributed by atoms with Crippen LogP contribution in [0.5, 0.6) is 11.5 Å². The number of nitrogen functional groups attached to an aromatic ring is 1. The van der Waals surface area contributed by atoms with Gasteiger partial charge in [-0.1, -0.05) is 31.7 Å². The normalized spacial score (nSPS) is 10.8. The number of anilines is 2. The predicted molar refractivity (Wildman–Crippen MR) is 273 cm³/mol. The number of halogens is 1. The number of aromatic nitrogens is 2. The topological polar surface area (TPSA) is 185 Å². The van der Waals surface area contributed by atoms with Gasteiger partial charge in [-0.3, -0.25) is 18.9 Å². The number of nitrogens with zero attached hydrogens (tertiary/aromatic N) is 4. The lowest BCUT2D eigenvalue weighted by Crippen LogP contribution is -2.05. The molecule has 0 aliphatic carbocycles. The van der Waals surface area contributed by atoms with Crippen LogP contribution in [0.2, 0.25) is 0 Å². The minimum absolute atomic E-state index is 0. The van der Waals surface area contributed by atoms with Crippen molar-refractivity contribution in [2.24, 2.45) is 0 Å². The second-order valence-corrected chi connectivity index (χ2v) is 18.4. The first-order chi connectivity index (χ1) is 30.9. The molecule has 348 valence electrons. The van der Waals surface area contributed by atoms with Crippen molar-refractivity contribution in [1.29, 1.82) is 10.5 Å². The molecule has 0 unspecified atom stereocenters. The van der Waals surface area contributed by atoms with Gasteiger partial charge in [0.15, 0.2) is 0 Å². The number of nitrogens with two attached hydrogens (primary N) is 1. The van der Waals surface area contributed by atoms with E-state index in [2.05, 4.69) is 33.3 Å². The van der Waals surface area contributed by atoms with Crippen LogP contribution in [0.25, 0.3) is 44.3 Å². The van der Waals surface area contributed by atoms with Gasteiger partial charge in [-0.05, 0) is 115 Å². The Kier molecular flexibility index (Phi) is 22.5. The van der Waals surface area contributed by atoms with E-state index in [1.165, 1.54) is 0 Å². The smallest absolute Gasteiger partial charge is 0.432 e. The number of carbonyl (C=O) groups excluding carboxylic acids is 1. The van der Waals surface area contributed by atoms with Gasteiger partial charge < -0.3 is 33.4 Å². The number of ether oxygens (including phenoxy) is 2. The first-order valence-corrected chi connectivity index (χ1v) is 25.0. The van der Waals surface area contributed by atoms with Crippen LogP contribution in [0.1, 0.15) is 73.9 Å². The Balaban J connectivity index is 0.000000290. The minimum atomic E-state index is -3.42. The maximum Gasteiger partial charge on any atom is 0.432 e. The summed E-state index contributed by atoms with van der Waals surface area (Å²) in [6.07, 6.45) is 0. The maximum atomic E-state index is 12.7. The lowest BCUT2D eigenvalue weighted by atomic mass is 10.1. The van der Waals surface area contributed by atoms with Crippen LogP contribution in [-0.4, -0.2) is 52.3 Å². The van der Waals surface area contributed by atoms with Crippen LogP contribution in [0.3, 0.4) is 0 Å². The molecule has 0 bridgehead atoms. The van der Waals surface area contributed by atoms with E-state index in [0.717, 1.165) is 62.4 Å². The number of rotatable bonds is 19. The summed E-state index contributed by atoms with van der Waals surface area (Å²) in [5.74, 6) is 1.60. The molecule has 0 aliphatic rings. The third-order valence-corrected chi connectivity index (χ3v) is 13.6. The molecule has 0 spiro atoms. The average Bonchev–Trinajstić information content (AvgIpc) is 3.78. The Labute approximate surface area is 398 Å². The Bertz CT molecular complexity index is 2590. The van der Waals surface area contributed by atoms with E-state index in [1.54, 1.807) is 36.4 Å². The molecule has 6 aromatic rings. The van der Waals surface area contributed by atoms with E-state index in [9.17, 15) is 19.9 Å². The minimum Gasteiger partial charge on any atom is -0.494 e. The Hall–Kier alpha value is -4.96. The SMILES string of the molecule is C.CCOP(OCC)C(=O)I.CCOc1ccc2c(C#N)c(-c3ccc(N)cc3)n(CC)c2c1.CCOc1ccc2c(C#N)c(-c3ccc(NP(=O)(OCC)OCC)cc3)n(CC)c2c1. The highest BCUT2D eigenvalue weighted by Crippen LogP contribution is 2.48. The summed E-state index contributed by atoms with van der Waals surface area (Å²) in [7, 11) is -4.69. The van der Waals surface area contributed by atoms with E-state index < -0.39 is 16.1 Å². The average molecular weight is 1040 g/mol. The number of benzene rings is 4. The van der Waals surface area contributed by atoms with Gasteiger partial charge in [-0.25, -0.2) is 4.57 Å². The van der Waals surface area contributed by atoms with E-state index in [4.69, 9.17) is 33.3 Å². The van der Waals surface area contributed by atoms with Crippen molar-refractivity contribution < 1.29 is 36.9 Å². The monoisotopic (exact) mass is 1040 g/mol. The summed E-state index contributed by atoms with van der Waals surface area (Å²) in [5.41, 5.74) is 14.1. The first kappa shape index (κ1) is 54.4. The van der Waals surface area contributed by atoms with Gasteiger partial charge in [-0.2, -0.15) is 10.5 Å². The molecule has 14 nitrogen and oxygen atoms in total. The fraction of sp³-hybridized carbons (Fsp3) is 0.354. The van der Waals surface area contributed by atoms with Gasteiger partial charge in [0, 0.05) is 70.0 Å². The zero-order valence-corrected chi connectivity index (χ0v) is 41.6. The van der Waals surface area contributed by atoms with E-state index >= 15 is 0 Å². The molecule has 3 N–H and O–H groups in total. The zero-order chi connectivity index (χ0) is 46.8. The quantitative estimate of drug-likeness (QED) is 0.0339. The number of hydrogen-bond acceptors (Lipinski definition) is 11. The van der Waals surface area contributed by atoms with Crippen LogP contribution in [0.4, 0.5) is 16.2 Å². The predicted octanol–water partition coefficient (Wildman–Crippen LogP) is 13.9. The molecule has 2 aromatic heterocycles. The van der Waals surface area contributed by atoms with Crippen molar-refractivity contribution in [2.45, 2.75) is 75.9 Å². The zero-order valence-electron chi connectivity index (χ0n) is 37.6. The second kappa shape index (κ2) is 26.9. The first-order valence-electron chi connectivity index (χ1n) is 21.2. The van der Waals surface area contributed by atoms with Crippen LogP contribution in [0, 0.1) is 22.7 Å². The Morgan fingerprint density at radius 1 is 0.662 bits per heavy atom. The third-order valence-electron chi connectivity index (χ3n) is 9.39. The second-order valence-electron chi connectivity index (χ2n) is 13.4. The van der Waals surface area contributed by atoms with Crippen LogP contribution in [-0.2, 0) is 35.7 Å². The van der Waals surface area contributed by atoms with Gasteiger partial charge >= 0.3 is 7.75 Å². The van der Waals surface area contributed by atoms with Crippen LogP contribution < -0.4 is 20.3 Å². The van der Waals surface area contributed by atoms with Gasteiger partial charge in [-0.15, -0.1) is 0 Å². The number of hydrogen-bond donors (Lipinski definition) is 2. The van der Waals surface area contributed by atoms with Crippen molar-refractivity contribution in [3.05, 3.63) is 96.1 Å². The number of nitriles is 2. The third kappa shape index (κ3) is 13.8. The number of nitrogens with one attached hydrogen (secondary N) is 1. The van der Waals surface area contributed by atoms with E-state index in [0.29, 0.717) is 55.5 Å². The Morgan fingerprint density at radius 2 is 1.08 bits per heavy atom. The van der Waals surface area contributed by atoms with Crippen LogP contribution >= 0.6 is 38.7 Å². The molecule has 2 heterocycles. The van der Waals surface area contributed by atoms with Gasteiger partial charge in [0.2, 0.25) is 0 Å². The van der Waals surface area contributed by atoms with E-state index in [-0.39, 0.29) is 24.2 Å². The fourth-order valence-corrected chi connectivity index (χ4v) is 9.90. The van der Waals surface area contributed by atoms with Crippen molar-refractivity contribution in [3.8, 4) is 46.2 Å². The van der Waals surface area contributed by atoms with Crippen molar-refractivity contribution in [2.75, 3.05) is 50.5 Å². The van der Waals surface area contributed by atoms with Gasteiger partial charge in [0.05, 0.1) is 73.2 Å². The highest BCUT2D eigenvalue weighted by Gasteiger charge is 2.25. The van der Waals surface area contributed by atoms with Gasteiger partial charge in [0.25, 0.3) is 11.9 Å². The molecule has 0 atom stereocenters. The fourth-order valence-electron chi connectivity index (χ4n) is 6.97. The standard InChI is InChI=1S/C23H28N3O4P.C19H19N3O.C5H10IO3P.CH4/c1-5-26-22-15-19(28-6-2)13-14-20(22)21(16-24)23(26)17-9-11-18(12-10-17)25-31(27,29-7-3)30-8-4;1-3-22-18-11-15(23-4-2)9-10-16(18)17(12-20)19(22)13-5-7-14(21)8-6-13;1-3-8-10(5(6)7)9-4-2;/h9-15H,5-8H2,1-4H3,(H,25,27);5-11H,3-4,21H2,1-2H3;3-4H2,1-2H3;1H4. The molecule has 0 radical (unpaired) electrons. The summed E-state index contributed by atoms with van der Waals surface area (Å²) in [6, 6.07) is 31.5. The lowest BCUT2D eigenvalue weighted by molar-refractivity contribution is 0.225. The molecule has 65 heavy (non-hydrogen) atoms. The van der Waals surface area contributed by atoms with Gasteiger partial charge in [0.1, 0.15) is 23.6 Å². The number of carbonyl (C=O) groups is 1. The molecular weight excluding hydrogens is 977 g/mol. The molecule has 0 aliphatic heterocycles. The van der Waals surface area contributed by atoms with Crippen molar-refractivity contribution >= 4 is 75.4 Å². The lowest BCUT2D eigenvalue weighted by Gasteiger charge is -2.18. The summed E-state index contributed by atoms with van der Waals surface area (Å²) in [4.78, 5) is 10.7. The molecular formula is C48H61IN6O8P2. The van der Waals surface area contributed by atoms with E-state index in [1.807, 2.05) is 120 Å². The molecule has 0 saturated carbocycles. The van der Waals surface area contributed by atoms with Crippen molar-refractivity contribution in [1.82, 2.24) is 9.13 Å².